The molecule has 6 heteroatoms. The second-order valence-corrected chi connectivity index (χ2v) is 6.57. The molecule has 0 unspecified atom stereocenters. The summed E-state index contributed by atoms with van der Waals surface area (Å²) in [7, 11) is 0. The number of benzene rings is 1. The van der Waals surface area contributed by atoms with Crippen LogP contribution in [0.15, 0.2) is 65.7 Å². The van der Waals surface area contributed by atoms with E-state index in [-0.39, 0.29) is 5.69 Å². The fourth-order valence-corrected chi connectivity index (χ4v) is 3.09. The summed E-state index contributed by atoms with van der Waals surface area (Å²) >= 11 is 0. The number of rotatable bonds is 6. The van der Waals surface area contributed by atoms with Gasteiger partial charge in [-0.25, -0.2) is 14.3 Å². The fourth-order valence-electron chi connectivity index (χ4n) is 3.09. The summed E-state index contributed by atoms with van der Waals surface area (Å²) in [6, 6.07) is 16.2. The molecule has 0 saturated carbocycles. The maximum atomic E-state index is 12.1. The van der Waals surface area contributed by atoms with Crippen LogP contribution >= 0.6 is 0 Å². The molecule has 0 aliphatic rings. The minimum Gasteiger partial charge on any atom is -0.382 e. The van der Waals surface area contributed by atoms with Gasteiger partial charge in [-0.2, -0.15) is 5.10 Å². The van der Waals surface area contributed by atoms with Crippen molar-refractivity contribution in [2.75, 3.05) is 11.9 Å². The van der Waals surface area contributed by atoms with Gasteiger partial charge in [-0.1, -0.05) is 36.4 Å². The van der Waals surface area contributed by atoms with Gasteiger partial charge in [0.15, 0.2) is 5.65 Å². The number of aromatic nitrogens is 4. The highest BCUT2D eigenvalue weighted by atomic mass is 16.1. The highest BCUT2D eigenvalue weighted by Crippen LogP contribution is 2.24. The van der Waals surface area contributed by atoms with E-state index in [1.165, 1.54) is 5.56 Å². The first kappa shape index (κ1) is 17.0. The standard InChI is InChI=1S/C21H21N5O/c1-15-9-10-16(13-23-15)6-5-11-22-19-12-18(17-7-3-2-4-8-17)14-26-20(19)24-25-21(26)27/h2-4,7-10,12-14,22H,5-6,11H2,1H3,(H,25,27). The molecular formula is C21H21N5O. The number of hydrogen-bond donors (Lipinski definition) is 2. The number of hydrogen-bond acceptors (Lipinski definition) is 4. The summed E-state index contributed by atoms with van der Waals surface area (Å²) in [4.78, 5) is 16.4. The Balaban J connectivity index is 1.53. The number of aryl methyl sites for hydroxylation is 2. The lowest BCUT2D eigenvalue weighted by atomic mass is 10.1. The Labute approximate surface area is 156 Å². The molecule has 136 valence electrons. The van der Waals surface area contributed by atoms with Crippen molar-refractivity contribution in [1.82, 2.24) is 19.6 Å². The molecule has 4 rings (SSSR count). The quantitative estimate of drug-likeness (QED) is 0.517. The first-order valence-corrected chi connectivity index (χ1v) is 9.02. The number of anilines is 1. The van der Waals surface area contributed by atoms with Gasteiger partial charge in [0.2, 0.25) is 0 Å². The van der Waals surface area contributed by atoms with Gasteiger partial charge in [0.25, 0.3) is 0 Å². The van der Waals surface area contributed by atoms with Gasteiger partial charge < -0.3 is 5.32 Å². The van der Waals surface area contributed by atoms with E-state index in [0.717, 1.165) is 41.9 Å². The molecule has 3 heterocycles. The van der Waals surface area contributed by atoms with E-state index in [0.29, 0.717) is 5.65 Å². The monoisotopic (exact) mass is 359 g/mol. The van der Waals surface area contributed by atoms with Gasteiger partial charge in [-0.05, 0) is 43.0 Å². The fraction of sp³-hybridized carbons (Fsp3) is 0.190. The molecule has 2 N–H and O–H groups in total. The molecule has 0 saturated heterocycles. The normalized spacial score (nSPS) is 11.0. The summed E-state index contributed by atoms with van der Waals surface area (Å²) in [6.07, 6.45) is 5.65. The minimum atomic E-state index is -0.239. The molecule has 3 aromatic heterocycles. The molecule has 27 heavy (non-hydrogen) atoms. The molecule has 4 aromatic rings. The number of pyridine rings is 2. The van der Waals surface area contributed by atoms with Crippen molar-refractivity contribution in [2.45, 2.75) is 19.8 Å². The topological polar surface area (TPSA) is 75.1 Å². The van der Waals surface area contributed by atoms with Crippen LogP contribution in [0, 0.1) is 6.92 Å². The van der Waals surface area contributed by atoms with Crippen molar-refractivity contribution in [2.24, 2.45) is 0 Å². The average molecular weight is 359 g/mol. The Hall–Kier alpha value is -3.41. The molecule has 0 spiro atoms. The van der Waals surface area contributed by atoms with Crippen LogP contribution in [0.25, 0.3) is 16.8 Å². The third-order valence-corrected chi connectivity index (χ3v) is 4.55. The zero-order chi connectivity index (χ0) is 18.6. The smallest absolute Gasteiger partial charge is 0.347 e. The van der Waals surface area contributed by atoms with Crippen LogP contribution < -0.4 is 11.0 Å². The van der Waals surface area contributed by atoms with E-state index in [2.05, 4.69) is 26.6 Å². The van der Waals surface area contributed by atoms with Crippen LogP contribution in [0.2, 0.25) is 0 Å². The highest BCUT2D eigenvalue weighted by molar-refractivity contribution is 5.75. The van der Waals surface area contributed by atoms with Crippen LogP contribution in [0.3, 0.4) is 0 Å². The molecule has 0 radical (unpaired) electrons. The van der Waals surface area contributed by atoms with Crippen molar-refractivity contribution in [1.29, 1.82) is 0 Å². The predicted octanol–water partition coefficient (Wildman–Crippen LogP) is 3.44. The Bertz CT molecular complexity index is 1100. The van der Waals surface area contributed by atoms with Crippen molar-refractivity contribution in [3.05, 3.63) is 82.7 Å². The van der Waals surface area contributed by atoms with Crippen molar-refractivity contribution < 1.29 is 0 Å². The molecule has 6 nitrogen and oxygen atoms in total. The molecule has 0 aliphatic carbocycles. The lowest BCUT2D eigenvalue weighted by molar-refractivity contribution is 0.856. The summed E-state index contributed by atoms with van der Waals surface area (Å²) in [5.74, 6) is 0. The maximum Gasteiger partial charge on any atom is 0.347 e. The third kappa shape index (κ3) is 3.74. The number of aromatic amines is 1. The lowest BCUT2D eigenvalue weighted by Gasteiger charge is -2.10. The second kappa shape index (κ2) is 7.45. The minimum absolute atomic E-state index is 0.239. The Morgan fingerprint density at radius 3 is 2.74 bits per heavy atom. The van der Waals surface area contributed by atoms with E-state index >= 15 is 0 Å². The Kier molecular flexibility index (Phi) is 4.70. The summed E-state index contributed by atoms with van der Waals surface area (Å²) in [6.45, 7) is 2.77. The molecule has 0 bridgehead atoms. The summed E-state index contributed by atoms with van der Waals surface area (Å²) in [5, 5.41) is 10.1. The van der Waals surface area contributed by atoms with Crippen LogP contribution in [0.4, 0.5) is 5.69 Å². The SMILES string of the molecule is Cc1ccc(CCCNc2cc(-c3ccccc3)cn3c(=O)[nH]nc23)cn1. The van der Waals surface area contributed by atoms with Gasteiger partial charge in [-0.15, -0.1) is 0 Å². The molecule has 0 amide bonds. The van der Waals surface area contributed by atoms with Crippen molar-refractivity contribution in [3.63, 3.8) is 0 Å². The van der Waals surface area contributed by atoms with E-state index in [1.807, 2.05) is 61.8 Å². The van der Waals surface area contributed by atoms with Gasteiger partial charge in [-0.3, -0.25) is 4.98 Å². The second-order valence-electron chi connectivity index (χ2n) is 6.57. The van der Waals surface area contributed by atoms with E-state index in [1.54, 1.807) is 4.40 Å². The predicted molar refractivity (Wildman–Crippen MR) is 107 cm³/mol. The zero-order valence-electron chi connectivity index (χ0n) is 15.1. The van der Waals surface area contributed by atoms with Gasteiger partial charge in [0, 0.05) is 30.2 Å². The third-order valence-electron chi connectivity index (χ3n) is 4.55. The van der Waals surface area contributed by atoms with Crippen LogP contribution in [0.5, 0.6) is 0 Å². The van der Waals surface area contributed by atoms with Crippen LogP contribution in [-0.4, -0.2) is 26.1 Å². The Morgan fingerprint density at radius 2 is 1.96 bits per heavy atom. The van der Waals surface area contributed by atoms with E-state index in [9.17, 15) is 4.79 Å². The number of H-pyrrole nitrogens is 1. The number of nitrogens with zero attached hydrogens (tertiary/aromatic N) is 3. The molecule has 1 aromatic carbocycles. The van der Waals surface area contributed by atoms with Gasteiger partial charge in [0.05, 0.1) is 5.69 Å². The maximum absolute atomic E-state index is 12.1. The number of nitrogens with one attached hydrogen (secondary N) is 2. The van der Waals surface area contributed by atoms with E-state index < -0.39 is 0 Å². The lowest BCUT2D eigenvalue weighted by Crippen LogP contribution is -2.11. The largest absolute Gasteiger partial charge is 0.382 e. The van der Waals surface area contributed by atoms with Gasteiger partial charge in [0.1, 0.15) is 0 Å². The highest BCUT2D eigenvalue weighted by Gasteiger charge is 2.10. The zero-order valence-corrected chi connectivity index (χ0v) is 15.1. The van der Waals surface area contributed by atoms with Crippen molar-refractivity contribution in [3.8, 4) is 11.1 Å². The summed E-state index contributed by atoms with van der Waals surface area (Å²) < 4.78 is 1.55. The molecular weight excluding hydrogens is 338 g/mol. The number of fused-ring (bicyclic) bond motifs is 1. The first-order chi connectivity index (χ1) is 13.2. The van der Waals surface area contributed by atoms with Crippen LogP contribution in [-0.2, 0) is 6.42 Å². The molecule has 0 atom stereocenters. The molecule has 0 fully saturated rings. The van der Waals surface area contributed by atoms with E-state index in [4.69, 9.17) is 0 Å². The summed E-state index contributed by atoms with van der Waals surface area (Å²) in [5.41, 5.74) is 5.49. The molecule has 0 aliphatic heterocycles. The first-order valence-electron chi connectivity index (χ1n) is 9.02. The average Bonchev–Trinajstić information content (AvgIpc) is 3.08. The van der Waals surface area contributed by atoms with Gasteiger partial charge >= 0.3 is 5.69 Å². The van der Waals surface area contributed by atoms with Crippen LogP contribution in [0.1, 0.15) is 17.7 Å². The van der Waals surface area contributed by atoms with Crippen molar-refractivity contribution >= 4 is 11.3 Å². The Morgan fingerprint density at radius 1 is 1.11 bits per heavy atom.